The third kappa shape index (κ3) is 6.27. The van der Waals surface area contributed by atoms with E-state index in [4.69, 9.17) is 5.26 Å². The monoisotopic (exact) mass is 147 g/mol. The van der Waals surface area contributed by atoms with Crippen LogP contribution in [0.1, 0.15) is 13.3 Å². The maximum absolute atomic E-state index is 8.11. The van der Waals surface area contributed by atoms with Gasteiger partial charge in [-0.15, -0.1) is 11.4 Å². The van der Waals surface area contributed by atoms with Crippen LogP contribution >= 0.6 is 19.2 Å². The van der Waals surface area contributed by atoms with E-state index < -0.39 is 0 Å². The standard InChI is InChI=1S/C5H10NPS/c1-2-7-8-5-3-4-6/h7H,2-3,5H2,1H3. The van der Waals surface area contributed by atoms with Crippen LogP contribution in [0.2, 0.25) is 0 Å². The van der Waals surface area contributed by atoms with Crippen molar-refractivity contribution in [2.45, 2.75) is 13.3 Å². The van der Waals surface area contributed by atoms with E-state index in [2.05, 4.69) is 13.0 Å². The highest BCUT2D eigenvalue weighted by Gasteiger charge is 1.82. The molecule has 0 bridgehead atoms. The van der Waals surface area contributed by atoms with Crippen molar-refractivity contribution < 1.29 is 0 Å². The van der Waals surface area contributed by atoms with Gasteiger partial charge in [-0.1, -0.05) is 14.7 Å². The van der Waals surface area contributed by atoms with E-state index in [0.717, 1.165) is 13.5 Å². The van der Waals surface area contributed by atoms with E-state index in [9.17, 15) is 0 Å². The molecule has 8 heavy (non-hydrogen) atoms. The van der Waals surface area contributed by atoms with Gasteiger partial charge in [0.2, 0.25) is 0 Å². The average Bonchev–Trinajstić information content (AvgIpc) is 1.81. The molecule has 0 saturated heterocycles. The Bertz CT molecular complexity index is 79.0. The van der Waals surface area contributed by atoms with Crippen molar-refractivity contribution in [2.24, 2.45) is 0 Å². The first-order chi connectivity index (χ1) is 3.91. The van der Waals surface area contributed by atoms with Gasteiger partial charge in [-0.2, -0.15) is 5.26 Å². The lowest BCUT2D eigenvalue weighted by molar-refractivity contribution is 1.25. The number of hydrogen-bond acceptors (Lipinski definition) is 2. The van der Waals surface area contributed by atoms with E-state index in [1.807, 2.05) is 11.4 Å². The molecule has 0 N–H and O–H groups in total. The summed E-state index contributed by atoms with van der Waals surface area (Å²) in [5.74, 6) is 1.02. The van der Waals surface area contributed by atoms with Gasteiger partial charge in [-0.25, -0.2) is 0 Å². The number of hydrogen-bond donors (Lipinski definition) is 0. The van der Waals surface area contributed by atoms with Crippen LogP contribution in [0.15, 0.2) is 0 Å². The molecular formula is C5H10NPS. The zero-order valence-corrected chi connectivity index (χ0v) is 6.79. The summed E-state index contributed by atoms with van der Waals surface area (Å²) in [6, 6.07) is 2.11. The fourth-order valence-electron chi connectivity index (χ4n) is 0.271. The molecule has 3 heteroatoms. The summed E-state index contributed by atoms with van der Waals surface area (Å²) >= 11 is 1.88. The van der Waals surface area contributed by atoms with Gasteiger partial charge < -0.3 is 0 Å². The van der Waals surface area contributed by atoms with Crippen molar-refractivity contribution in [3.63, 3.8) is 0 Å². The first-order valence-electron chi connectivity index (χ1n) is 2.63. The second kappa shape index (κ2) is 7.27. The Kier molecular flexibility index (Phi) is 7.52. The Morgan fingerprint density at radius 3 is 3.00 bits per heavy atom. The Balaban J connectivity index is 2.65. The first-order valence-corrected chi connectivity index (χ1v) is 5.55. The van der Waals surface area contributed by atoms with Crippen LogP contribution in [0.4, 0.5) is 0 Å². The highest BCUT2D eigenvalue weighted by Crippen LogP contribution is 2.28. The van der Waals surface area contributed by atoms with Gasteiger partial charge in [0.05, 0.1) is 6.07 Å². The number of nitriles is 1. The quantitative estimate of drug-likeness (QED) is 0.449. The van der Waals surface area contributed by atoms with Gasteiger partial charge in [0.1, 0.15) is 0 Å². The molecule has 0 aliphatic carbocycles. The molecule has 1 atom stereocenters. The Morgan fingerprint density at radius 2 is 2.50 bits per heavy atom. The summed E-state index contributed by atoms with van der Waals surface area (Å²) < 4.78 is 0. The van der Waals surface area contributed by atoms with Crippen molar-refractivity contribution >= 4 is 19.2 Å². The van der Waals surface area contributed by atoms with Gasteiger partial charge in [-0.3, -0.25) is 0 Å². The summed E-state index contributed by atoms with van der Waals surface area (Å²) in [5.41, 5.74) is 0. The lowest BCUT2D eigenvalue weighted by Gasteiger charge is -1.90. The molecule has 0 aliphatic rings. The second-order valence-corrected chi connectivity index (χ2v) is 4.68. The van der Waals surface area contributed by atoms with Crippen molar-refractivity contribution in [3.05, 3.63) is 0 Å². The maximum Gasteiger partial charge on any atom is 0.0630 e. The van der Waals surface area contributed by atoms with Gasteiger partial charge in [0, 0.05) is 12.2 Å². The van der Waals surface area contributed by atoms with E-state index in [1.165, 1.54) is 6.16 Å². The molecule has 0 heterocycles. The summed E-state index contributed by atoms with van der Waals surface area (Å²) in [5, 5.41) is 8.11. The largest absolute Gasteiger partial charge is 0.198 e. The first kappa shape index (κ1) is 8.27. The SMILES string of the molecule is CCPSCCC#N. The Labute approximate surface area is 56.4 Å². The fourth-order valence-corrected chi connectivity index (χ4v) is 2.16. The molecule has 0 rings (SSSR count). The molecule has 0 fully saturated rings. The smallest absolute Gasteiger partial charge is 0.0630 e. The van der Waals surface area contributed by atoms with Crippen LogP contribution in [0.3, 0.4) is 0 Å². The topological polar surface area (TPSA) is 23.8 Å². The van der Waals surface area contributed by atoms with Gasteiger partial charge in [0.15, 0.2) is 0 Å². The van der Waals surface area contributed by atoms with Crippen LogP contribution < -0.4 is 0 Å². The third-order valence-electron chi connectivity index (χ3n) is 0.562. The van der Waals surface area contributed by atoms with Crippen molar-refractivity contribution in [1.82, 2.24) is 0 Å². The molecule has 0 aliphatic heterocycles. The highest BCUT2D eigenvalue weighted by molar-refractivity contribution is 8.49. The van der Waals surface area contributed by atoms with Crippen LogP contribution in [-0.4, -0.2) is 11.9 Å². The lowest BCUT2D eigenvalue weighted by atomic mass is 10.6. The molecule has 0 radical (unpaired) electrons. The third-order valence-corrected chi connectivity index (χ3v) is 3.55. The fraction of sp³-hybridized carbons (Fsp3) is 0.800. The van der Waals surface area contributed by atoms with Crippen LogP contribution in [-0.2, 0) is 0 Å². The summed E-state index contributed by atoms with van der Waals surface area (Å²) in [6.45, 7) is 2.16. The molecule has 0 aromatic rings. The lowest BCUT2D eigenvalue weighted by Crippen LogP contribution is -1.68. The minimum atomic E-state index is 0.706. The molecular weight excluding hydrogens is 137 g/mol. The van der Waals surface area contributed by atoms with Crippen molar-refractivity contribution in [3.8, 4) is 6.07 Å². The zero-order valence-electron chi connectivity index (χ0n) is 4.98. The normalized spacial score (nSPS) is 10.0. The van der Waals surface area contributed by atoms with Gasteiger partial charge in [-0.05, 0) is 6.16 Å². The zero-order chi connectivity index (χ0) is 6.24. The summed E-state index contributed by atoms with van der Waals surface area (Å²) in [7, 11) is 0.990. The molecule has 1 nitrogen and oxygen atoms in total. The van der Waals surface area contributed by atoms with E-state index in [-0.39, 0.29) is 0 Å². The van der Waals surface area contributed by atoms with Crippen molar-refractivity contribution in [2.75, 3.05) is 11.9 Å². The van der Waals surface area contributed by atoms with Gasteiger partial charge in [0.25, 0.3) is 0 Å². The number of rotatable bonds is 4. The second-order valence-electron chi connectivity index (χ2n) is 1.25. The number of nitrogens with zero attached hydrogens (tertiary/aromatic N) is 1. The van der Waals surface area contributed by atoms with E-state index >= 15 is 0 Å². The van der Waals surface area contributed by atoms with Crippen molar-refractivity contribution in [1.29, 1.82) is 5.26 Å². The van der Waals surface area contributed by atoms with Crippen LogP contribution in [0.5, 0.6) is 0 Å². The molecule has 0 amide bonds. The highest BCUT2D eigenvalue weighted by atomic mass is 32.7. The average molecular weight is 147 g/mol. The van der Waals surface area contributed by atoms with Crippen LogP contribution in [0, 0.1) is 11.3 Å². The summed E-state index contributed by atoms with van der Waals surface area (Å²) in [4.78, 5) is 0. The van der Waals surface area contributed by atoms with Gasteiger partial charge >= 0.3 is 0 Å². The molecule has 0 saturated carbocycles. The minimum absolute atomic E-state index is 0.706. The van der Waals surface area contributed by atoms with E-state index in [1.54, 1.807) is 0 Å². The molecule has 0 spiro atoms. The molecule has 0 aromatic heterocycles. The van der Waals surface area contributed by atoms with E-state index in [0.29, 0.717) is 6.42 Å². The van der Waals surface area contributed by atoms with Crippen LogP contribution in [0.25, 0.3) is 0 Å². The summed E-state index contributed by atoms with van der Waals surface area (Å²) in [6.07, 6.45) is 1.95. The predicted molar refractivity (Wildman–Crippen MR) is 41.5 cm³/mol. The predicted octanol–water partition coefficient (Wildman–Crippen LogP) is 2.25. The Hall–Kier alpha value is 0.270. The maximum atomic E-state index is 8.11. The molecule has 46 valence electrons. The minimum Gasteiger partial charge on any atom is -0.198 e. The molecule has 1 unspecified atom stereocenters. The molecule has 0 aromatic carbocycles. The Morgan fingerprint density at radius 1 is 1.75 bits per heavy atom.